The van der Waals surface area contributed by atoms with Crippen LogP contribution in [0, 0.1) is 0 Å². The molecule has 0 aliphatic heterocycles. The highest BCUT2D eigenvalue weighted by molar-refractivity contribution is 5.39. The maximum atomic E-state index is 4.24. The third-order valence-electron chi connectivity index (χ3n) is 3.10. The Balaban J connectivity index is 1.93. The minimum absolute atomic E-state index is 0.592. The number of rotatable bonds is 5. The van der Waals surface area contributed by atoms with Crippen molar-refractivity contribution in [1.29, 1.82) is 0 Å². The number of benzene rings is 1. The first-order valence-corrected chi connectivity index (χ1v) is 6.54. The summed E-state index contributed by atoms with van der Waals surface area (Å²) in [6.07, 6.45) is 3.90. The lowest BCUT2D eigenvalue weighted by Crippen LogP contribution is -1.99. The van der Waals surface area contributed by atoms with Crippen LogP contribution >= 0.6 is 0 Å². The molecule has 0 radical (unpaired) electrons. The van der Waals surface area contributed by atoms with Gasteiger partial charge in [-0.1, -0.05) is 38.1 Å². The second kappa shape index (κ2) is 5.71. The summed E-state index contributed by atoms with van der Waals surface area (Å²) >= 11 is 0. The first-order valence-electron chi connectivity index (χ1n) is 6.54. The van der Waals surface area contributed by atoms with E-state index in [-0.39, 0.29) is 0 Å². The quantitative estimate of drug-likeness (QED) is 0.869. The van der Waals surface area contributed by atoms with E-state index in [1.165, 1.54) is 11.1 Å². The molecule has 0 unspecified atom stereocenters. The van der Waals surface area contributed by atoms with Crippen molar-refractivity contribution in [2.24, 2.45) is 0 Å². The molecule has 3 heteroatoms. The molecular weight excluding hydrogens is 222 g/mol. The van der Waals surface area contributed by atoms with Gasteiger partial charge < -0.3 is 5.32 Å². The summed E-state index contributed by atoms with van der Waals surface area (Å²) < 4.78 is 1.92. The Hall–Kier alpha value is -1.77. The van der Waals surface area contributed by atoms with E-state index in [1.807, 2.05) is 17.1 Å². The smallest absolute Gasteiger partial charge is 0.0729 e. The molecule has 0 saturated carbocycles. The third-order valence-corrected chi connectivity index (χ3v) is 3.10. The summed E-state index contributed by atoms with van der Waals surface area (Å²) in [5, 5.41) is 7.62. The number of aromatic nitrogens is 2. The lowest BCUT2D eigenvalue weighted by atomic mass is 10.0. The van der Waals surface area contributed by atoms with Crippen LogP contribution in [0.4, 0.5) is 5.69 Å². The molecule has 0 atom stereocenters. The van der Waals surface area contributed by atoms with Crippen molar-refractivity contribution in [3.63, 3.8) is 0 Å². The summed E-state index contributed by atoms with van der Waals surface area (Å²) in [5.41, 5.74) is 3.76. The molecule has 3 nitrogen and oxygen atoms in total. The molecule has 1 aromatic carbocycles. The summed E-state index contributed by atoms with van der Waals surface area (Å²) in [5.74, 6) is 0.592. The van der Waals surface area contributed by atoms with Crippen molar-refractivity contribution in [1.82, 2.24) is 9.78 Å². The summed E-state index contributed by atoms with van der Waals surface area (Å²) in [7, 11) is 0. The maximum absolute atomic E-state index is 4.24. The van der Waals surface area contributed by atoms with Gasteiger partial charge in [0.2, 0.25) is 0 Å². The van der Waals surface area contributed by atoms with Crippen molar-refractivity contribution in [3.05, 3.63) is 47.8 Å². The summed E-state index contributed by atoms with van der Waals surface area (Å²) in [4.78, 5) is 0. The molecule has 0 aliphatic carbocycles. The second-order valence-electron chi connectivity index (χ2n) is 4.83. The number of aryl methyl sites for hydroxylation is 1. The van der Waals surface area contributed by atoms with Gasteiger partial charge in [-0.2, -0.15) is 5.10 Å². The molecule has 1 heterocycles. The lowest BCUT2D eigenvalue weighted by molar-refractivity contribution is 0.660. The molecule has 96 valence electrons. The van der Waals surface area contributed by atoms with Gasteiger partial charge in [-0.05, 0) is 24.0 Å². The summed E-state index contributed by atoms with van der Waals surface area (Å²) in [6, 6.07) is 8.79. The lowest BCUT2D eigenvalue weighted by Gasteiger charge is -2.07. The number of nitrogens with one attached hydrogen (secondary N) is 1. The van der Waals surface area contributed by atoms with Gasteiger partial charge >= 0.3 is 0 Å². The fourth-order valence-electron chi connectivity index (χ4n) is 1.85. The van der Waals surface area contributed by atoms with Crippen molar-refractivity contribution in [3.8, 4) is 0 Å². The van der Waals surface area contributed by atoms with Gasteiger partial charge in [0.1, 0.15) is 0 Å². The zero-order valence-corrected chi connectivity index (χ0v) is 11.4. The Kier molecular flexibility index (Phi) is 4.03. The average molecular weight is 243 g/mol. The molecule has 2 rings (SSSR count). The van der Waals surface area contributed by atoms with Gasteiger partial charge in [-0.3, -0.25) is 4.68 Å². The van der Waals surface area contributed by atoms with Gasteiger partial charge in [0.25, 0.3) is 0 Å². The van der Waals surface area contributed by atoms with E-state index in [4.69, 9.17) is 0 Å². The maximum Gasteiger partial charge on any atom is 0.0729 e. The van der Waals surface area contributed by atoms with Crippen LogP contribution in [0.1, 0.15) is 37.8 Å². The number of hydrogen-bond acceptors (Lipinski definition) is 2. The van der Waals surface area contributed by atoms with E-state index in [9.17, 15) is 0 Å². The van der Waals surface area contributed by atoms with Crippen LogP contribution in [0.3, 0.4) is 0 Å². The largest absolute Gasteiger partial charge is 0.378 e. The van der Waals surface area contributed by atoms with E-state index < -0.39 is 0 Å². The topological polar surface area (TPSA) is 29.9 Å². The predicted molar refractivity (Wildman–Crippen MR) is 75.8 cm³/mol. The third kappa shape index (κ3) is 3.13. The Morgan fingerprint density at radius 3 is 2.50 bits per heavy atom. The number of hydrogen-bond donors (Lipinski definition) is 1. The van der Waals surface area contributed by atoms with Crippen LogP contribution in [0.25, 0.3) is 0 Å². The van der Waals surface area contributed by atoms with Crippen LogP contribution in [-0.4, -0.2) is 9.78 Å². The van der Waals surface area contributed by atoms with E-state index in [1.54, 1.807) is 0 Å². The van der Waals surface area contributed by atoms with E-state index >= 15 is 0 Å². The standard InChI is InChI=1S/C15H21N3/c1-4-18-11-15(10-17-18)16-9-13-5-7-14(8-6-13)12(2)3/h5-8,10-12,16H,4,9H2,1-3H3. The molecular formula is C15H21N3. The molecule has 1 N–H and O–H groups in total. The van der Waals surface area contributed by atoms with Crippen LogP contribution < -0.4 is 5.32 Å². The molecule has 0 aliphatic rings. The molecule has 0 fully saturated rings. The molecule has 2 aromatic rings. The zero-order valence-electron chi connectivity index (χ0n) is 11.4. The molecule has 1 aromatic heterocycles. The minimum atomic E-state index is 0.592. The van der Waals surface area contributed by atoms with Gasteiger partial charge in [-0.15, -0.1) is 0 Å². The number of anilines is 1. The first kappa shape index (κ1) is 12.7. The van der Waals surface area contributed by atoms with Crippen LogP contribution in [0.2, 0.25) is 0 Å². The second-order valence-corrected chi connectivity index (χ2v) is 4.83. The Labute approximate surface area is 109 Å². The highest BCUT2D eigenvalue weighted by Crippen LogP contribution is 2.15. The van der Waals surface area contributed by atoms with Crippen molar-refractivity contribution in [2.45, 2.75) is 39.8 Å². The van der Waals surface area contributed by atoms with Crippen LogP contribution in [-0.2, 0) is 13.1 Å². The SMILES string of the molecule is CCn1cc(NCc2ccc(C(C)C)cc2)cn1. The summed E-state index contributed by atoms with van der Waals surface area (Å²) in [6.45, 7) is 8.26. The fraction of sp³-hybridized carbons (Fsp3) is 0.400. The number of nitrogens with zero attached hydrogens (tertiary/aromatic N) is 2. The average Bonchev–Trinajstić information content (AvgIpc) is 2.85. The Bertz CT molecular complexity index is 483. The van der Waals surface area contributed by atoms with Gasteiger partial charge in [0.15, 0.2) is 0 Å². The van der Waals surface area contributed by atoms with Gasteiger partial charge in [0, 0.05) is 19.3 Å². The van der Waals surface area contributed by atoms with Crippen LogP contribution in [0.5, 0.6) is 0 Å². The highest BCUT2D eigenvalue weighted by Gasteiger charge is 2.00. The van der Waals surface area contributed by atoms with Crippen molar-refractivity contribution >= 4 is 5.69 Å². The first-order chi connectivity index (χ1) is 8.69. The highest BCUT2D eigenvalue weighted by atomic mass is 15.3. The van der Waals surface area contributed by atoms with Gasteiger partial charge in [-0.25, -0.2) is 0 Å². The van der Waals surface area contributed by atoms with E-state index in [0.29, 0.717) is 5.92 Å². The minimum Gasteiger partial charge on any atom is -0.378 e. The molecule has 0 saturated heterocycles. The van der Waals surface area contributed by atoms with E-state index in [2.05, 4.69) is 55.5 Å². The molecule has 18 heavy (non-hydrogen) atoms. The van der Waals surface area contributed by atoms with Gasteiger partial charge in [0.05, 0.1) is 11.9 Å². The molecule has 0 bridgehead atoms. The predicted octanol–water partition coefficient (Wildman–Crippen LogP) is 3.64. The van der Waals surface area contributed by atoms with Crippen LogP contribution in [0.15, 0.2) is 36.7 Å². The molecule has 0 spiro atoms. The van der Waals surface area contributed by atoms with Crippen molar-refractivity contribution in [2.75, 3.05) is 5.32 Å². The fourth-order valence-corrected chi connectivity index (χ4v) is 1.85. The normalized spacial score (nSPS) is 10.9. The zero-order chi connectivity index (χ0) is 13.0. The Morgan fingerprint density at radius 2 is 1.94 bits per heavy atom. The molecule has 0 amide bonds. The van der Waals surface area contributed by atoms with Crippen molar-refractivity contribution < 1.29 is 0 Å². The van der Waals surface area contributed by atoms with E-state index in [0.717, 1.165) is 18.8 Å². The Morgan fingerprint density at radius 1 is 1.22 bits per heavy atom. The monoisotopic (exact) mass is 243 g/mol.